The first-order chi connectivity index (χ1) is 11.2. The minimum absolute atomic E-state index is 0.162. The van der Waals surface area contributed by atoms with Gasteiger partial charge in [-0.15, -0.1) is 11.3 Å². The summed E-state index contributed by atoms with van der Waals surface area (Å²) in [7, 11) is 0. The summed E-state index contributed by atoms with van der Waals surface area (Å²) in [5.41, 5.74) is 3.37. The van der Waals surface area contributed by atoms with E-state index in [9.17, 15) is 4.79 Å². The number of hydrogen-bond acceptors (Lipinski definition) is 4. The Labute approximate surface area is 142 Å². The van der Waals surface area contributed by atoms with Crippen molar-refractivity contribution < 1.29 is 9.21 Å². The summed E-state index contributed by atoms with van der Waals surface area (Å²) in [6, 6.07) is 14.8. The number of hydrazone groups is 1. The fraction of sp³-hybridized carbons (Fsp3) is 0.0588. The first-order valence-corrected chi connectivity index (χ1v) is 8.16. The van der Waals surface area contributed by atoms with Gasteiger partial charge in [0.1, 0.15) is 11.5 Å². The number of hydrogen-bond donors (Lipinski definition) is 1. The van der Waals surface area contributed by atoms with Crippen molar-refractivity contribution >= 4 is 35.1 Å². The molecule has 23 heavy (non-hydrogen) atoms. The summed E-state index contributed by atoms with van der Waals surface area (Å²) in [4.78, 5) is 12.7. The van der Waals surface area contributed by atoms with Crippen molar-refractivity contribution in [3.05, 3.63) is 69.6 Å². The first-order valence-electron chi connectivity index (χ1n) is 6.91. The van der Waals surface area contributed by atoms with Crippen LogP contribution in [-0.2, 0) is 11.2 Å². The normalized spacial score (nSPS) is 11.0. The smallest absolute Gasteiger partial charge is 0.245 e. The number of nitrogens with zero attached hydrogens (tertiary/aromatic N) is 1. The summed E-state index contributed by atoms with van der Waals surface area (Å²) in [6.07, 6.45) is 1.79. The van der Waals surface area contributed by atoms with E-state index in [1.54, 1.807) is 23.5 Å². The lowest BCUT2D eigenvalue weighted by atomic mass is 10.2. The van der Waals surface area contributed by atoms with Crippen LogP contribution in [0.3, 0.4) is 0 Å². The summed E-state index contributed by atoms with van der Waals surface area (Å²) in [5, 5.41) is 6.49. The second kappa shape index (κ2) is 7.26. The first kappa shape index (κ1) is 15.5. The molecule has 1 amide bonds. The van der Waals surface area contributed by atoms with Crippen molar-refractivity contribution in [3.8, 4) is 11.3 Å². The second-order valence-electron chi connectivity index (χ2n) is 4.76. The zero-order valence-electron chi connectivity index (χ0n) is 12.0. The van der Waals surface area contributed by atoms with Crippen molar-refractivity contribution in [2.45, 2.75) is 6.42 Å². The fourth-order valence-corrected chi connectivity index (χ4v) is 2.89. The Morgan fingerprint density at radius 2 is 2.17 bits per heavy atom. The van der Waals surface area contributed by atoms with E-state index in [0.29, 0.717) is 23.0 Å². The quantitative estimate of drug-likeness (QED) is 0.552. The third-order valence-electron chi connectivity index (χ3n) is 3.03. The van der Waals surface area contributed by atoms with Gasteiger partial charge in [-0.3, -0.25) is 4.79 Å². The molecule has 0 aliphatic rings. The van der Waals surface area contributed by atoms with Crippen LogP contribution in [0.2, 0.25) is 5.02 Å². The highest BCUT2D eigenvalue weighted by atomic mass is 35.5. The van der Waals surface area contributed by atoms with Gasteiger partial charge in [0, 0.05) is 15.5 Å². The number of carbonyl (C=O) groups excluding carboxylic acids is 1. The average Bonchev–Trinajstić information content (AvgIpc) is 3.19. The van der Waals surface area contributed by atoms with Crippen molar-refractivity contribution in [3.63, 3.8) is 0 Å². The molecule has 6 heteroatoms. The lowest BCUT2D eigenvalue weighted by Gasteiger charge is -1.97. The van der Waals surface area contributed by atoms with E-state index in [2.05, 4.69) is 10.5 Å². The number of nitrogens with one attached hydrogen (secondary N) is 1. The number of amides is 1. The topological polar surface area (TPSA) is 54.6 Å². The molecule has 0 fully saturated rings. The van der Waals surface area contributed by atoms with E-state index in [-0.39, 0.29) is 5.91 Å². The summed E-state index contributed by atoms with van der Waals surface area (Å²) in [6.45, 7) is 0. The minimum Gasteiger partial charge on any atom is -0.455 e. The number of furan rings is 1. The highest BCUT2D eigenvalue weighted by molar-refractivity contribution is 7.10. The summed E-state index contributed by atoms with van der Waals surface area (Å²) in [5.74, 6) is 1.08. The van der Waals surface area contributed by atoms with Gasteiger partial charge >= 0.3 is 0 Å². The van der Waals surface area contributed by atoms with Crippen LogP contribution in [-0.4, -0.2) is 12.1 Å². The number of halogens is 1. The molecule has 0 aliphatic carbocycles. The molecule has 1 aromatic carbocycles. The molecule has 0 aliphatic heterocycles. The molecule has 0 saturated heterocycles. The van der Waals surface area contributed by atoms with Crippen LogP contribution in [0.15, 0.2) is 63.4 Å². The second-order valence-corrected chi connectivity index (χ2v) is 6.23. The average molecular weight is 345 g/mol. The lowest BCUT2D eigenvalue weighted by molar-refractivity contribution is -0.120. The number of thiophene rings is 1. The maximum atomic E-state index is 11.7. The predicted octanol–water partition coefficient (Wildman–Crippen LogP) is 4.35. The van der Waals surface area contributed by atoms with E-state index in [1.807, 2.05) is 41.8 Å². The van der Waals surface area contributed by atoms with Crippen molar-refractivity contribution in [2.75, 3.05) is 0 Å². The molecule has 3 aromatic rings. The van der Waals surface area contributed by atoms with Gasteiger partial charge in [-0.05, 0) is 35.7 Å². The zero-order valence-corrected chi connectivity index (χ0v) is 13.6. The largest absolute Gasteiger partial charge is 0.455 e. The SMILES string of the molecule is O=C(Cc1cccs1)N/N=C/c1ccc(-c2cccc(Cl)c2)o1. The maximum Gasteiger partial charge on any atom is 0.245 e. The third kappa shape index (κ3) is 4.31. The maximum absolute atomic E-state index is 11.7. The van der Waals surface area contributed by atoms with E-state index in [1.165, 1.54) is 6.21 Å². The summed E-state index contributed by atoms with van der Waals surface area (Å²) < 4.78 is 5.66. The minimum atomic E-state index is -0.162. The van der Waals surface area contributed by atoms with Crippen LogP contribution >= 0.6 is 22.9 Å². The Morgan fingerprint density at radius 1 is 1.26 bits per heavy atom. The van der Waals surface area contributed by atoms with Gasteiger partial charge in [-0.2, -0.15) is 5.10 Å². The van der Waals surface area contributed by atoms with Crippen LogP contribution < -0.4 is 5.43 Å². The molecular formula is C17H13ClN2O2S. The third-order valence-corrected chi connectivity index (χ3v) is 4.14. The molecular weight excluding hydrogens is 332 g/mol. The Hall–Kier alpha value is -2.37. The molecule has 2 aromatic heterocycles. The molecule has 2 heterocycles. The Bertz CT molecular complexity index is 825. The van der Waals surface area contributed by atoms with Crippen molar-refractivity contribution in [2.24, 2.45) is 5.10 Å². The molecule has 0 atom stereocenters. The number of carbonyl (C=O) groups is 1. The van der Waals surface area contributed by atoms with Gasteiger partial charge in [-0.25, -0.2) is 5.43 Å². The van der Waals surface area contributed by atoms with E-state index >= 15 is 0 Å². The van der Waals surface area contributed by atoms with Gasteiger partial charge in [0.2, 0.25) is 5.91 Å². The molecule has 116 valence electrons. The zero-order chi connectivity index (χ0) is 16.1. The Balaban J connectivity index is 1.59. The van der Waals surface area contributed by atoms with Crippen molar-refractivity contribution in [1.82, 2.24) is 5.43 Å². The van der Waals surface area contributed by atoms with Gasteiger partial charge in [0.25, 0.3) is 0 Å². The molecule has 0 unspecified atom stereocenters. The number of benzene rings is 1. The van der Waals surface area contributed by atoms with Gasteiger partial charge < -0.3 is 4.42 Å². The predicted molar refractivity (Wildman–Crippen MR) is 92.9 cm³/mol. The van der Waals surface area contributed by atoms with Crippen LogP contribution in [0.4, 0.5) is 0 Å². The van der Waals surface area contributed by atoms with Crippen molar-refractivity contribution in [1.29, 1.82) is 0 Å². The van der Waals surface area contributed by atoms with Crippen LogP contribution in [0.5, 0.6) is 0 Å². The van der Waals surface area contributed by atoms with Gasteiger partial charge in [-0.1, -0.05) is 29.8 Å². The Kier molecular flexibility index (Phi) is 4.90. The van der Waals surface area contributed by atoms with E-state index in [4.69, 9.17) is 16.0 Å². The molecule has 4 nitrogen and oxygen atoms in total. The molecule has 3 rings (SSSR count). The summed E-state index contributed by atoms with van der Waals surface area (Å²) >= 11 is 7.50. The van der Waals surface area contributed by atoms with E-state index < -0.39 is 0 Å². The molecule has 0 bridgehead atoms. The highest BCUT2D eigenvalue weighted by Gasteiger charge is 2.05. The monoisotopic (exact) mass is 344 g/mol. The fourth-order valence-electron chi connectivity index (χ4n) is 2.00. The van der Waals surface area contributed by atoms with Crippen LogP contribution in [0.25, 0.3) is 11.3 Å². The Morgan fingerprint density at radius 3 is 2.96 bits per heavy atom. The number of rotatable bonds is 5. The van der Waals surface area contributed by atoms with Gasteiger partial charge in [0.05, 0.1) is 12.6 Å². The molecule has 1 N–H and O–H groups in total. The molecule has 0 radical (unpaired) electrons. The highest BCUT2D eigenvalue weighted by Crippen LogP contribution is 2.24. The lowest BCUT2D eigenvalue weighted by Crippen LogP contribution is -2.19. The molecule has 0 spiro atoms. The van der Waals surface area contributed by atoms with E-state index in [0.717, 1.165) is 10.4 Å². The van der Waals surface area contributed by atoms with Gasteiger partial charge in [0.15, 0.2) is 0 Å². The van der Waals surface area contributed by atoms with Crippen LogP contribution in [0, 0.1) is 0 Å². The van der Waals surface area contributed by atoms with Crippen LogP contribution in [0.1, 0.15) is 10.6 Å². The molecule has 0 saturated carbocycles. The standard InChI is InChI=1S/C17H13ClN2O2S/c18-13-4-1-3-12(9-13)16-7-6-14(22-16)11-19-20-17(21)10-15-5-2-8-23-15/h1-9,11H,10H2,(H,20,21)/b19-11+.